The predicted molar refractivity (Wildman–Crippen MR) is 73.3 cm³/mol. The average molecular weight is 278 g/mol. The number of rotatable bonds is 4. The van der Waals surface area contributed by atoms with Crippen molar-refractivity contribution in [3.8, 4) is 6.07 Å². The van der Waals surface area contributed by atoms with Gasteiger partial charge in [0.25, 0.3) is 0 Å². The third-order valence-corrected chi connectivity index (χ3v) is 2.46. The molecule has 0 saturated heterocycles. The number of halogens is 1. The van der Waals surface area contributed by atoms with Crippen LogP contribution in [0, 0.1) is 17.1 Å². The number of nitriles is 1. The molecule has 0 atom stereocenters. The number of hydrogen-bond donors (Lipinski definition) is 0. The molecule has 0 aliphatic rings. The number of ether oxygens (including phenoxy) is 1. The SMILES string of the molecule is CN(CC(=O)OC(C)(C)C)Cc1cccc(C#N)c1F. The lowest BCUT2D eigenvalue weighted by Gasteiger charge is -2.22. The fourth-order valence-electron chi connectivity index (χ4n) is 1.73. The van der Waals surface area contributed by atoms with Gasteiger partial charge >= 0.3 is 5.97 Å². The molecule has 5 heteroatoms. The molecule has 1 aromatic rings. The van der Waals surface area contributed by atoms with Crippen LogP contribution < -0.4 is 0 Å². The monoisotopic (exact) mass is 278 g/mol. The number of likely N-dealkylation sites (N-methyl/N-ethyl adjacent to an activating group) is 1. The summed E-state index contributed by atoms with van der Waals surface area (Å²) in [5.74, 6) is -0.900. The first-order chi connectivity index (χ1) is 9.23. The summed E-state index contributed by atoms with van der Waals surface area (Å²) in [4.78, 5) is 13.3. The van der Waals surface area contributed by atoms with E-state index in [4.69, 9.17) is 10.00 Å². The van der Waals surface area contributed by atoms with Crippen molar-refractivity contribution in [2.24, 2.45) is 0 Å². The van der Waals surface area contributed by atoms with Gasteiger partial charge in [-0.05, 0) is 33.9 Å². The zero-order valence-electron chi connectivity index (χ0n) is 12.2. The summed E-state index contributed by atoms with van der Waals surface area (Å²) in [6, 6.07) is 6.44. The van der Waals surface area contributed by atoms with Crippen molar-refractivity contribution in [3.05, 3.63) is 35.1 Å². The van der Waals surface area contributed by atoms with Gasteiger partial charge in [0.05, 0.1) is 12.1 Å². The molecule has 1 aromatic carbocycles. The second kappa shape index (κ2) is 6.49. The normalized spacial score (nSPS) is 11.2. The summed E-state index contributed by atoms with van der Waals surface area (Å²) in [7, 11) is 1.70. The third kappa shape index (κ3) is 4.98. The molecule has 4 nitrogen and oxygen atoms in total. The summed E-state index contributed by atoms with van der Waals surface area (Å²) in [5, 5.41) is 8.77. The molecule has 0 radical (unpaired) electrons. The fraction of sp³-hybridized carbons (Fsp3) is 0.467. The predicted octanol–water partition coefficient (Wildman–Crippen LogP) is 2.47. The molecule has 0 fully saturated rings. The molecule has 0 aliphatic heterocycles. The van der Waals surface area contributed by atoms with Crippen molar-refractivity contribution in [2.45, 2.75) is 32.9 Å². The van der Waals surface area contributed by atoms with E-state index in [1.54, 1.807) is 50.9 Å². The standard InChI is InChI=1S/C15H19FN2O2/c1-15(2,3)20-13(19)10-18(4)9-12-7-5-6-11(8-17)14(12)16/h5-7H,9-10H2,1-4H3. The quantitative estimate of drug-likeness (QED) is 0.794. The number of hydrogen-bond acceptors (Lipinski definition) is 4. The van der Waals surface area contributed by atoms with Gasteiger partial charge in [-0.25, -0.2) is 4.39 Å². The Balaban J connectivity index is 2.66. The molecule has 1 rings (SSSR count). The van der Waals surface area contributed by atoms with E-state index in [2.05, 4.69) is 0 Å². The highest BCUT2D eigenvalue weighted by Gasteiger charge is 2.18. The maximum absolute atomic E-state index is 13.9. The maximum Gasteiger partial charge on any atom is 0.320 e. The molecule has 0 spiro atoms. The third-order valence-electron chi connectivity index (χ3n) is 2.46. The van der Waals surface area contributed by atoms with Gasteiger partial charge in [0.2, 0.25) is 0 Å². The Morgan fingerprint density at radius 3 is 2.65 bits per heavy atom. The van der Waals surface area contributed by atoms with Crippen LogP contribution in [0.4, 0.5) is 4.39 Å². The molecule has 108 valence electrons. The molecule has 0 aliphatic carbocycles. The van der Waals surface area contributed by atoms with E-state index in [0.29, 0.717) is 5.56 Å². The van der Waals surface area contributed by atoms with E-state index in [-0.39, 0.29) is 24.6 Å². The van der Waals surface area contributed by atoms with Crippen molar-refractivity contribution >= 4 is 5.97 Å². The Labute approximate surface area is 118 Å². The highest BCUT2D eigenvalue weighted by atomic mass is 19.1. The van der Waals surface area contributed by atoms with Gasteiger partial charge in [0.15, 0.2) is 0 Å². The van der Waals surface area contributed by atoms with E-state index < -0.39 is 11.4 Å². The molecule has 0 saturated carbocycles. The fourth-order valence-corrected chi connectivity index (χ4v) is 1.73. The smallest absolute Gasteiger partial charge is 0.320 e. The Kier molecular flexibility index (Phi) is 5.23. The van der Waals surface area contributed by atoms with Gasteiger partial charge in [-0.3, -0.25) is 9.69 Å². The van der Waals surface area contributed by atoms with E-state index >= 15 is 0 Å². The summed E-state index contributed by atoms with van der Waals surface area (Å²) in [5.41, 5.74) is -0.146. The summed E-state index contributed by atoms with van der Waals surface area (Å²) in [6.45, 7) is 5.68. The number of carbonyl (C=O) groups is 1. The van der Waals surface area contributed by atoms with Crippen LogP contribution in [0.5, 0.6) is 0 Å². The van der Waals surface area contributed by atoms with Crippen molar-refractivity contribution in [2.75, 3.05) is 13.6 Å². The minimum absolute atomic E-state index is 0.00756. The van der Waals surface area contributed by atoms with Crippen molar-refractivity contribution < 1.29 is 13.9 Å². The Morgan fingerprint density at radius 1 is 1.45 bits per heavy atom. The Morgan fingerprint density at radius 2 is 2.10 bits per heavy atom. The number of esters is 1. The van der Waals surface area contributed by atoms with Crippen LogP contribution in [0.2, 0.25) is 0 Å². The number of benzene rings is 1. The molecule has 20 heavy (non-hydrogen) atoms. The van der Waals surface area contributed by atoms with Gasteiger partial charge in [-0.2, -0.15) is 5.26 Å². The zero-order valence-corrected chi connectivity index (χ0v) is 12.2. The van der Waals surface area contributed by atoms with Crippen LogP contribution >= 0.6 is 0 Å². The Bertz CT molecular complexity index is 530. The number of nitrogens with zero attached hydrogens (tertiary/aromatic N) is 2. The second-order valence-corrected chi connectivity index (χ2v) is 5.65. The highest BCUT2D eigenvalue weighted by Crippen LogP contribution is 2.14. The topological polar surface area (TPSA) is 53.3 Å². The molecule has 0 bridgehead atoms. The molecule has 0 unspecified atom stereocenters. The molecule has 0 aromatic heterocycles. The molecule has 0 amide bonds. The van der Waals surface area contributed by atoms with Crippen LogP contribution in [-0.2, 0) is 16.1 Å². The van der Waals surface area contributed by atoms with E-state index in [9.17, 15) is 9.18 Å². The van der Waals surface area contributed by atoms with Crippen LogP contribution in [-0.4, -0.2) is 30.1 Å². The highest BCUT2D eigenvalue weighted by molar-refractivity contribution is 5.72. The lowest BCUT2D eigenvalue weighted by atomic mass is 10.1. The van der Waals surface area contributed by atoms with Crippen molar-refractivity contribution in [3.63, 3.8) is 0 Å². The summed E-state index contributed by atoms with van der Waals surface area (Å²) in [6.07, 6.45) is 0. The van der Waals surface area contributed by atoms with E-state index in [1.807, 2.05) is 0 Å². The largest absolute Gasteiger partial charge is 0.459 e. The average Bonchev–Trinajstić information content (AvgIpc) is 2.29. The van der Waals surface area contributed by atoms with Crippen LogP contribution in [0.1, 0.15) is 31.9 Å². The molecule has 0 heterocycles. The van der Waals surface area contributed by atoms with Crippen LogP contribution in [0.15, 0.2) is 18.2 Å². The minimum atomic E-state index is -0.538. The van der Waals surface area contributed by atoms with Crippen LogP contribution in [0.25, 0.3) is 0 Å². The van der Waals surface area contributed by atoms with Crippen molar-refractivity contribution in [1.29, 1.82) is 5.26 Å². The van der Waals surface area contributed by atoms with Gasteiger partial charge in [-0.15, -0.1) is 0 Å². The molecule has 0 N–H and O–H groups in total. The maximum atomic E-state index is 13.9. The first-order valence-corrected chi connectivity index (χ1v) is 6.31. The lowest BCUT2D eigenvalue weighted by molar-refractivity contribution is -0.155. The van der Waals surface area contributed by atoms with E-state index in [0.717, 1.165) is 0 Å². The second-order valence-electron chi connectivity index (χ2n) is 5.65. The van der Waals surface area contributed by atoms with Crippen LogP contribution in [0.3, 0.4) is 0 Å². The zero-order chi connectivity index (χ0) is 15.3. The van der Waals surface area contributed by atoms with Gasteiger partial charge in [0.1, 0.15) is 17.5 Å². The van der Waals surface area contributed by atoms with E-state index in [1.165, 1.54) is 6.07 Å². The first-order valence-electron chi connectivity index (χ1n) is 6.31. The number of carbonyl (C=O) groups excluding carboxylic acids is 1. The molecular weight excluding hydrogens is 259 g/mol. The minimum Gasteiger partial charge on any atom is -0.459 e. The molecular formula is C15H19FN2O2. The summed E-state index contributed by atoms with van der Waals surface area (Å²) >= 11 is 0. The van der Waals surface area contributed by atoms with Gasteiger partial charge in [0, 0.05) is 12.1 Å². The Hall–Kier alpha value is -1.93. The first kappa shape index (κ1) is 16.1. The summed E-state index contributed by atoms with van der Waals surface area (Å²) < 4.78 is 19.1. The van der Waals surface area contributed by atoms with Crippen molar-refractivity contribution in [1.82, 2.24) is 4.90 Å². The lowest BCUT2D eigenvalue weighted by Crippen LogP contribution is -2.32. The van der Waals surface area contributed by atoms with Gasteiger partial charge in [-0.1, -0.05) is 12.1 Å². The van der Waals surface area contributed by atoms with Gasteiger partial charge < -0.3 is 4.74 Å².